The Kier molecular flexibility index (Phi) is 6.65. The van der Waals surface area contributed by atoms with E-state index in [1.807, 2.05) is 0 Å². The number of anilines is 2. The zero-order valence-corrected chi connectivity index (χ0v) is 18.4. The van der Waals surface area contributed by atoms with Crippen LogP contribution >= 0.6 is 11.6 Å². The van der Waals surface area contributed by atoms with Gasteiger partial charge in [-0.15, -0.1) is 0 Å². The molecule has 2 amide bonds. The van der Waals surface area contributed by atoms with Crippen molar-refractivity contribution in [3.8, 4) is 17.2 Å². The van der Waals surface area contributed by atoms with Crippen LogP contribution in [0.15, 0.2) is 60.7 Å². The van der Waals surface area contributed by atoms with Crippen LogP contribution in [0.1, 0.15) is 5.56 Å². The minimum atomic E-state index is -0.513. The Balaban J connectivity index is 1.50. The lowest BCUT2D eigenvalue weighted by Crippen LogP contribution is -2.38. The van der Waals surface area contributed by atoms with Crippen molar-refractivity contribution in [3.05, 3.63) is 77.1 Å². The molecule has 3 aromatic carbocycles. The Morgan fingerprint density at radius 2 is 1.94 bits per heavy atom. The summed E-state index contributed by atoms with van der Waals surface area (Å²) in [7, 11) is 1.51. The number of halogens is 2. The van der Waals surface area contributed by atoms with E-state index in [9.17, 15) is 14.0 Å². The molecule has 0 radical (unpaired) electrons. The smallest absolute Gasteiger partial charge is 0.265 e. The average molecular weight is 471 g/mol. The molecule has 4 rings (SSSR count). The molecule has 0 fully saturated rings. The fraction of sp³-hybridized carbons (Fsp3) is 0.167. The molecule has 170 valence electrons. The van der Waals surface area contributed by atoms with Gasteiger partial charge < -0.3 is 24.4 Å². The molecule has 1 aliphatic rings. The lowest BCUT2D eigenvalue weighted by molar-refractivity contribution is -0.121. The first-order valence-electron chi connectivity index (χ1n) is 10.0. The number of fused-ring (bicyclic) bond motifs is 1. The number of carbonyl (C=O) groups excluding carboxylic acids is 2. The molecule has 9 heteroatoms. The number of methoxy groups -OCH3 is 1. The van der Waals surface area contributed by atoms with Crippen LogP contribution in [0.2, 0.25) is 5.02 Å². The van der Waals surface area contributed by atoms with Crippen LogP contribution in [0.25, 0.3) is 0 Å². The molecule has 0 atom stereocenters. The number of nitrogens with zero attached hydrogens (tertiary/aromatic N) is 1. The van der Waals surface area contributed by atoms with Gasteiger partial charge in [0.25, 0.3) is 11.8 Å². The van der Waals surface area contributed by atoms with Crippen molar-refractivity contribution in [2.45, 2.75) is 6.54 Å². The van der Waals surface area contributed by atoms with Crippen molar-refractivity contribution in [2.24, 2.45) is 0 Å². The van der Waals surface area contributed by atoms with Crippen molar-refractivity contribution in [1.82, 2.24) is 0 Å². The van der Waals surface area contributed by atoms with Gasteiger partial charge in [0, 0.05) is 16.3 Å². The predicted molar refractivity (Wildman–Crippen MR) is 122 cm³/mol. The fourth-order valence-corrected chi connectivity index (χ4v) is 3.60. The summed E-state index contributed by atoms with van der Waals surface area (Å²) in [5, 5.41) is 2.94. The number of benzene rings is 3. The average Bonchev–Trinajstić information content (AvgIpc) is 2.81. The highest BCUT2D eigenvalue weighted by Crippen LogP contribution is 2.36. The van der Waals surface area contributed by atoms with Crippen LogP contribution in [-0.2, 0) is 16.1 Å². The quantitative estimate of drug-likeness (QED) is 0.552. The van der Waals surface area contributed by atoms with E-state index in [2.05, 4.69) is 5.32 Å². The summed E-state index contributed by atoms with van der Waals surface area (Å²) in [6.07, 6.45) is 0. The standard InChI is InChI=1S/C24H20ClFN2O5/c1-31-21-7-2-3-8-22(21)32-13-23(29)27-15-9-10-20-19(11-15)28(24(30)14-33-20)12-16-17(25)5-4-6-18(16)26/h2-11H,12-14H2,1H3,(H,27,29). The van der Waals surface area contributed by atoms with E-state index >= 15 is 0 Å². The number of carbonyl (C=O) groups is 2. The first-order valence-corrected chi connectivity index (χ1v) is 10.4. The summed E-state index contributed by atoms with van der Waals surface area (Å²) in [6, 6.07) is 16.2. The zero-order valence-electron chi connectivity index (χ0n) is 17.6. The van der Waals surface area contributed by atoms with E-state index in [4.69, 9.17) is 25.8 Å². The summed E-state index contributed by atoms with van der Waals surface area (Å²) in [4.78, 5) is 26.4. The highest BCUT2D eigenvalue weighted by Gasteiger charge is 2.27. The monoisotopic (exact) mass is 470 g/mol. The van der Waals surface area contributed by atoms with Crippen molar-refractivity contribution in [3.63, 3.8) is 0 Å². The van der Waals surface area contributed by atoms with Gasteiger partial charge in [-0.3, -0.25) is 9.59 Å². The van der Waals surface area contributed by atoms with Crippen LogP contribution < -0.4 is 24.4 Å². The second-order valence-electron chi connectivity index (χ2n) is 7.14. The molecule has 1 heterocycles. The van der Waals surface area contributed by atoms with Gasteiger partial charge in [-0.05, 0) is 42.5 Å². The molecular formula is C24H20ClFN2O5. The highest BCUT2D eigenvalue weighted by atomic mass is 35.5. The first-order chi connectivity index (χ1) is 16.0. The minimum Gasteiger partial charge on any atom is -0.493 e. The maximum Gasteiger partial charge on any atom is 0.265 e. The van der Waals surface area contributed by atoms with Gasteiger partial charge in [0.05, 0.1) is 19.3 Å². The molecule has 0 unspecified atom stereocenters. The number of ether oxygens (including phenoxy) is 3. The van der Waals surface area contributed by atoms with Gasteiger partial charge in [0.1, 0.15) is 11.6 Å². The Labute approximate surface area is 194 Å². The normalized spacial score (nSPS) is 12.6. The lowest BCUT2D eigenvalue weighted by Gasteiger charge is -2.30. The number of hydrogen-bond donors (Lipinski definition) is 1. The van der Waals surface area contributed by atoms with E-state index in [-0.39, 0.29) is 36.3 Å². The Morgan fingerprint density at radius 1 is 1.15 bits per heavy atom. The molecule has 7 nitrogen and oxygen atoms in total. The molecule has 1 aliphatic heterocycles. The topological polar surface area (TPSA) is 77.1 Å². The van der Waals surface area contributed by atoms with E-state index in [0.717, 1.165) is 0 Å². The number of para-hydroxylation sites is 2. The molecule has 0 saturated carbocycles. The number of amides is 2. The van der Waals surface area contributed by atoms with Gasteiger partial charge in [-0.25, -0.2) is 4.39 Å². The minimum absolute atomic E-state index is 0.0744. The Hall–Kier alpha value is -3.78. The van der Waals surface area contributed by atoms with Crippen LogP contribution in [0.3, 0.4) is 0 Å². The molecule has 33 heavy (non-hydrogen) atoms. The van der Waals surface area contributed by atoms with Crippen LogP contribution in [0, 0.1) is 5.82 Å². The van der Waals surface area contributed by atoms with Gasteiger partial charge in [0.2, 0.25) is 0 Å². The van der Waals surface area contributed by atoms with E-state index in [0.29, 0.717) is 28.6 Å². The maximum atomic E-state index is 14.3. The fourth-order valence-electron chi connectivity index (χ4n) is 3.37. The SMILES string of the molecule is COc1ccccc1OCC(=O)Nc1ccc2c(c1)N(Cc1c(F)cccc1Cl)C(=O)CO2. The highest BCUT2D eigenvalue weighted by molar-refractivity contribution is 6.31. The molecule has 1 N–H and O–H groups in total. The maximum absolute atomic E-state index is 14.3. The Bertz CT molecular complexity index is 1180. The van der Waals surface area contributed by atoms with Crippen LogP contribution in [0.5, 0.6) is 17.2 Å². The van der Waals surface area contributed by atoms with E-state index < -0.39 is 11.7 Å². The predicted octanol–water partition coefficient (Wildman–Crippen LogP) is 4.43. The summed E-state index contributed by atoms with van der Waals surface area (Å²) >= 11 is 6.14. The first kappa shape index (κ1) is 22.4. The number of nitrogens with one attached hydrogen (secondary N) is 1. The number of hydrogen-bond acceptors (Lipinski definition) is 5. The largest absolute Gasteiger partial charge is 0.493 e. The molecule has 0 spiro atoms. The molecular weight excluding hydrogens is 451 g/mol. The molecule has 3 aromatic rings. The van der Waals surface area contributed by atoms with Gasteiger partial charge >= 0.3 is 0 Å². The number of rotatable bonds is 7. The molecule has 0 bridgehead atoms. The second-order valence-corrected chi connectivity index (χ2v) is 7.55. The van der Waals surface area contributed by atoms with E-state index in [1.165, 1.54) is 24.1 Å². The van der Waals surface area contributed by atoms with E-state index in [1.54, 1.807) is 48.5 Å². The summed E-state index contributed by atoms with van der Waals surface area (Å²) in [6.45, 7) is -0.506. The van der Waals surface area contributed by atoms with Crippen molar-refractivity contribution >= 4 is 34.8 Å². The third kappa shape index (κ3) is 5.01. The van der Waals surface area contributed by atoms with Crippen molar-refractivity contribution < 1.29 is 28.2 Å². The van der Waals surface area contributed by atoms with Crippen molar-refractivity contribution in [1.29, 1.82) is 0 Å². The zero-order chi connectivity index (χ0) is 23.4. The third-order valence-corrected chi connectivity index (χ3v) is 5.35. The van der Waals surface area contributed by atoms with Gasteiger partial charge in [-0.2, -0.15) is 0 Å². The summed E-state index contributed by atoms with van der Waals surface area (Å²) in [5.74, 6) is 0.105. The lowest BCUT2D eigenvalue weighted by atomic mass is 10.1. The van der Waals surface area contributed by atoms with Gasteiger partial charge in [0.15, 0.2) is 24.7 Å². The van der Waals surface area contributed by atoms with Crippen LogP contribution in [0.4, 0.5) is 15.8 Å². The van der Waals surface area contributed by atoms with Gasteiger partial charge in [-0.1, -0.05) is 29.8 Å². The molecule has 0 aliphatic carbocycles. The third-order valence-electron chi connectivity index (χ3n) is 4.99. The Morgan fingerprint density at radius 3 is 2.70 bits per heavy atom. The molecule has 0 saturated heterocycles. The van der Waals surface area contributed by atoms with Crippen molar-refractivity contribution in [2.75, 3.05) is 30.5 Å². The van der Waals surface area contributed by atoms with Crippen LogP contribution in [-0.4, -0.2) is 32.1 Å². The second kappa shape index (κ2) is 9.79. The molecule has 0 aromatic heterocycles. The summed E-state index contributed by atoms with van der Waals surface area (Å²) < 4.78 is 30.5. The summed E-state index contributed by atoms with van der Waals surface area (Å²) in [5.41, 5.74) is 1.01.